The lowest BCUT2D eigenvalue weighted by molar-refractivity contribution is -0.384. The summed E-state index contributed by atoms with van der Waals surface area (Å²) in [5.74, 6) is -0.295. The summed E-state index contributed by atoms with van der Waals surface area (Å²) in [5.41, 5.74) is 1.10. The van der Waals surface area contributed by atoms with Gasteiger partial charge in [0.2, 0.25) is 0 Å². The molecule has 8 nitrogen and oxygen atoms in total. The van der Waals surface area contributed by atoms with Crippen molar-refractivity contribution >= 4 is 23.2 Å². The summed E-state index contributed by atoms with van der Waals surface area (Å²) in [4.78, 5) is 27.5. The molecule has 1 heterocycles. The van der Waals surface area contributed by atoms with Gasteiger partial charge in [-0.3, -0.25) is 14.9 Å². The highest BCUT2D eigenvalue weighted by atomic mass is 35.5. The molecular formula is C19H18ClN5O3. The Morgan fingerprint density at radius 1 is 1.21 bits per heavy atom. The molecule has 0 radical (unpaired) electrons. The number of rotatable bonds is 6. The summed E-state index contributed by atoms with van der Waals surface area (Å²) in [6.07, 6.45) is 2.64. The highest BCUT2D eigenvalue weighted by Crippen LogP contribution is 2.26. The normalized spacial score (nSPS) is 12.0. The molecule has 0 bridgehead atoms. The van der Waals surface area contributed by atoms with Gasteiger partial charge in [-0.15, -0.1) is 0 Å². The molecule has 1 N–H and O–H groups in total. The van der Waals surface area contributed by atoms with Gasteiger partial charge in [0, 0.05) is 16.7 Å². The molecule has 3 aromatic rings. The van der Waals surface area contributed by atoms with Crippen molar-refractivity contribution in [3.63, 3.8) is 0 Å². The standard InChI is InChI=1S/C19H18ClN5O3/c1-12(2)18(13-3-6-15(20)7-4-13)23-19(26)14-5-8-16(17(9-14)25(27)28)24-11-21-10-22-24/h3-12,18H,1-2H3,(H,23,26). The SMILES string of the molecule is CC(C)C(NC(=O)c1ccc(-n2cncn2)c([N+](=O)[O-])c1)c1ccc(Cl)cc1. The zero-order chi connectivity index (χ0) is 20.3. The molecule has 0 spiro atoms. The van der Waals surface area contributed by atoms with E-state index in [9.17, 15) is 14.9 Å². The predicted molar refractivity (Wildman–Crippen MR) is 105 cm³/mol. The van der Waals surface area contributed by atoms with E-state index in [1.54, 1.807) is 12.1 Å². The predicted octanol–water partition coefficient (Wildman–Crippen LogP) is 3.96. The number of hydrogen-bond donors (Lipinski definition) is 1. The van der Waals surface area contributed by atoms with Crippen molar-refractivity contribution in [1.29, 1.82) is 0 Å². The highest BCUT2D eigenvalue weighted by molar-refractivity contribution is 6.30. The van der Waals surface area contributed by atoms with Gasteiger partial charge in [0.25, 0.3) is 11.6 Å². The Balaban J connectivity index is 1.90. The molecule has 1 atom stereocenters. The van der Waals surface area contributed by atoms with Crippen LogP contribution in [0, 0.1) is 16.0 Å². The number of nitro benzene ring substituents is 1. The number of halogens is 1. The molecule has 0 aliphatic heterocycles. The number of nitrogens with zero attached hydrogens (tertiary/aromatic N) is 4. The Morgan fingerprint density at radius 3 is 2.50 bits per heavy atom. The quantitative estimate of drug-likeness (QED) is 0.499. The smallest absolute Gasteiger partial charge is 0.295 e. The summed E-state index contributed by atoms with van der Waals surface area (Å²) in [7, 11) is 0. The van der Waals surface area contributed by atoms with Crippen molar-refractivity contribution in [3.8, 4) is 5.69 Å². The van der Waals surface area contributed by atoms with Gasteiger partial charge in [0.1, 0.15) is 18.3 Å². The van der Waals surface area contributed by atoms with Crippen molar-refractivity contribution in [1.82, 2.24) is 20.1 Å². The highest BCUT2D eigenvalue weighted by Gasteiger charge is 2.23. The average molecular weight is 400 g/mol. The van der Waals surface area contributed by atoms with Crippen molar-refractivity contribution in [2.45, 2.75) is 19.9 Å². The van der Waals surface area contributed by atoms with Crippen LogP contribution in [0.25, 0.3) is 5.69 Å². The number of carbonyl (C=O) groups is 1. The first-order valence-electron chi connectivity index (χ1n) is 8.56. The number of amides is 1. The monoisotopic (exact) mass is 399 g/mol. The first-order valence-corrected chi connectivity index (χ1v) is 8.94. The van der Waals surface area contributed by atoms with Gasteiger partial charge in [-0.25, -0.2) is 9.67 Å². The first-order chi connectivity index (χ1) is 13.4. The Labute approximate surface area is 166 Å². The molecule has 2 aromatic carbocycles. The second-order valence-electron chi connectivity index (χ2n) is 6.55. The Morgan fingerprint density at radius 2 is 1.93 bits per heavy atom. The summed E-state index contributed by atoms with van der Waals surface area (Å²) in [6, 6.07) is 11.2. The number of nitro groups is 1. The molecule has 28 heavy (non-hydrogen) atoms. The topological polar surface area (TPSA) is 103 Å². The van der Waals surface area contributed by atoms with Gasteiger partial charge in [-0.2, -0.15) is 5.10 Å². The third-order valence-corrected chi connectivity index (χ3v) is 4.53. The first kappa shape index (κ1) is 19.5. The van der Waals surface area contributed by atoms with E-state index in [-0.39, 0.29) is 28.9 Å². The van der Waals surface area contributed by atoms with E-state index in [1.807, 2.05) is 26.0 Å². The van der Waals surface area contributed by atoms with Gasteiger partial charge in [-0.05, 0) is 35.7 Å². The molecule has 1 unspecified atom stereocenters. The molecule has 0 saturated heterocycles. The van der Waals surface area contributed by atoms with Gasteiger partial charge in [0.05, 0.1) is 11.0 Å². The fourth-order valence-electron chi connectivity index (χ4n) is 2.87. The molecule has 9 heteroatoms. The molecule has 144 valence electrons. The van der Waals surface area contributed by atoms with E-state index in [1.165, 1.54) is 35.5 Å². The van der Waals surface area contributed by atoms with E-state index >= 15 is 0 Å². The number of benzene rings is 2. The Hall–Kier alpha value is -3.26. The minimum Gasteiger partial charge on any atom is -0.345 e. The van der Waals surface area contributed by atoms with Crippen molar-refractivity contribution in [2.75, 3.05) is 0 Å². The Bertz CT molecular complexity index is 987. The molecular weight excluding hydrogens is 382 g/mol. The van der Waals surface area contributed by atoms with Crippen molar-refractivity contribution < 1.29 is 9.72 Å². The molecule has 1 amide bonds. The van der Waals surface area contributed by atoms with Crippen LogP contribution >= 0.6 is 11.6 Å². The van der Waals surface area contributed by atoms with E-state index in [0.29, 0.717) is 5.02 Å². The van der Waals surface area contributed by atoms with E-state index in [4.69, 9.17) is 11.6 Å². The van der Waals surface area contributed by atoms with Crippen LogP contribution in [-0.2, 0) is 0 Å². The number of hydrogen-bond acceptors (Lipinski definition) is 5. The van der Waals surface area contributed by atoms with Gasteiger partial charge in [-0.1, -0.05) is 37.6 Å². The summed E-state index contributed by atoms with van der Waals surface area (Å²) in [5, 5.41) is 18.9. The fourth-order valence-corrected chi connectivity index (χ4v) is 2.99. The summed E-state index contributed by atoms with van der Waals surface area (Å²) in [6.45, 7) is 3.96. The third kappa shape index (κ3) is 4.17. The van der Waals surface area contributed by atoms with Gasteiger partial charge < -0.3 is 5.32 Å². The lowest BCUT2D eigenvalue weighted by atomic mass is 9.95. The lowest BCUT2D eigenvalue weighted by Gasteiger charge is -2.23. The van der Waals surface area contributed by atoms with Crippen LogP contribution in [0.15, 0.2) is 55.1 Å². The van der Waals surface area contributed by atoms with Crippen LogP contribution < -0.4 is 5.32 Å². The van der Waals surface area contributed by atoms with Crippen LogP contribution in [0.5, 0.6) is 0 Å². The summed E-state index contributed by atoms with van der Waals surface area (Å²) >= 11 is 5.94. The zero-order valence-corrected chi connectivity index (χ0v) is 16.0. The molecule has 0 aliphatic rings. The molecule has 0 aliphatic carbocycles. The van der Waals surface area contributed by atoms with Crippen LogP contribution in [0.4, 0.5) is 5.69 Å². The second-order valence-corrected chi connectivity index (χ2v) is 6.98. The van der Waals surface area contributed by atoms with Gasteiger partial charge >= 0.3 is 0 Å². The third-order valence-electron chi connectivity index (χ3n) is 4.28. The summed E-state index contributed by atoms with van der Waals surface area (Å²) < 4.78 is 1.28. The van der Waals surface area contributed by atoms with Crippen LogP contribution in [0.2, 0.25) is 5.02 Å². The molecule has 0 fully saturated rings. The maximum Gasteiger partial charge on any atom is 0.295 e. The molecule has 3 rings (SSSR count). The number of carbonyl (C=O) groups excluding carboxylic acids is 1. The molecule has 0 saturated carbocycles. The van der Waals surface area contributed by atoms with Crippen LogP contribution in [-0.4, -0.2) is 25.6 Å². The maximum atomic E-state index is 12.8. The number of aromatic nitrogens is 3. The minimum atomic E-state index is -0.549. The second kappa shape index (κ2) is 8.18. The largest absolute Gasteiger partial charge is 0.345 e. The number of nitrogens with one attached hydrogen (secondary N) is 1. The van der Waals surface area contributed by atoms with Crippen LogP contribution in [0.1, 0.15) is 35.8 Å². The zero-order valence-electron chi connectivity index (χ0n) is 15.2. The Kier molecular flexibility index (Phi) is 5.70. The van der Waals surface area contributed by atoms with E-state index < -0.39 is 10.8 Å². The fraction of sp³-hybridized carbons (Fsp3) is 0.211. The van der Waals surface area contributed by atoms with Gasteiger partial charge in [0.15, 0.2) is 0 Å². The molecule has 1 aromatic heterocycles. The minimum absolute atomic E-state index is 0.106. The van der Waals surface area contributed by atoms with Crippen molar-refractivity contribution in [3.05, 3.63) is 81.4 Å². The van der Waals surface area contributed by atoms with Crippen LogP contribution in [0.3, 0.4) is 0 Å². The maximum absolute atomic E-state index is 12.8. The van der Waals surface area contributed by atoms with E-state index in [0.717, 1.165) is 5.56 Å². The van der Waals surface area contributed by atoms with Crippen molar-refractivity contribution in [2.24, 2.45) is 5.92 Å². The lowest BCUT2D eigenvalue weighted by Crippen LogP contribution is -2.31. The van der Waals surface area contributed by atoms with E-state index in [2.05, 4.69) is 15.4 Å². The average Bonchev–Trinajstić information content (AvgIpc) is 3.20.